The normalized spacial score (nSPS) is 10.3. The molecular formula is C14H10BrClOS. The maximum Gasteiger partial charge on any atom is 0.151 e. The second kappa shape index (κ2) is 6.41. The molecule has 18 heavy (non-hydrogen) atoms. The van der Waals surface area contributed by atoms with E-state index in [-0.39, 0.29) is 0 Å². The molecule has 0 unspecified atom stereocenters. The highest BCUT2D eigenvalue weighted by molar-refractivity contribution is 9.10. The van der Waals surface area contributed by atoms with Crippen LogP contribution >= 0.6 is 39.3 Å². The highest BCUT2D eigenvalue weighted by atomic mass is 79.9. The van der Waals surface area contributed by atoms with Crippen LogP contribution in [0, 0.1) is 0 Å². The molecule has 0 aliphatic carbocycles. The van der Waals surface area contributed by atoms with Crippen LogP contribution in [0.3, 0.4) is 0 Å². The van der Waals surface area contributed by atoms with Gasteiger partial charge in [0, 0.05) is 25.7 Å². The van der Waals surface area contributed by atoms with E-state index in [0.717, 1.165) is 32.0 Å². The van der Waals surface area contributed by atoms with Crippen molar-refractivity contribution in [2.75, 3.05) is 0 Å². The fourth-order valence-corrected chi connectivity index (χ4v) is 3.31. The largest absolute Gasteiger partial charge is 0.298 e. The SMILES string of the molecule is O=Cc1ccc(SCc2ccccc2Cl)cc1Br. The zero-order chi connectivity index (χ0) is 13.0. The molecule has 0 bridgehead atoms. The van der Waals surface area contributed by atoms with Gasteiger partial charge in [-0.2, -0.15) is 0 Å². The molecule has 0 heterocycles. The highest BCUT2D eigenvalue weighted by Crippen LogP contribution is 2.29. The minimum Gasteiger partial charge on any atom is -0.298 e. The Labute approximate surface area is 124 Å². The number of hydrogen-bond acceptors (Lipinski definition) is 2. The second-order valence-corrected chi connectivity index (χ2v) is 5.99. The van der Waals surface area contributed by atoms with Crippen molar-refractivity contribution >= 4 is 45.6 Å². The Morgan fingerprint density at radius 3 is 2.67 bits per heavy atom. The van der Waals surface area contributed by atoms with Crippen molar-refractivity contribution in [3.63, 3.8) is 0 Å². The molecule has 0 N–H and O–H groups in total. The monoisotopic (exact) mass is 340 g/mol. The zero-order valence-electron chi connectivity index (χ0n) is 9.40. The predicted molar refractivity (Wildman–Crippen MR) is 80.5 cm³/mol. The number of hydrogen-bond donors (Lipinski definition) is 0. The van der Waals surface area contributed by atoms with E-state index in [1.165, 1.54) is 0 Å². The lowest BCUT2D eigenvalue weighted by molar-refractivity contribution is 0.112. The minimum atomic E-state index is 0.664. The van der Waals surface area contributed by atoms with Gasteiger partial charge in [0.15, 0.2) is 6.29 Å². The number of carbonyl (C=O) groups excluding carboxylic acids is 1. The number of halogens is 2. The summed E-state index contributed by atoms with van der Waals surface area (Å²) in [4.78, 5) is 11.8. The van der Waals surface area contributed by atoms with Crippen molar-refractivity contribution in [3.8, 4) is 0 Å². The molecule has 0 aliphatic rings. The molecule has 4 heteroatoms. The van der Waals surface area contributed by atoms with Crippen LogP contribution in [0.4, 0.5) is 0 Å². The Balaban J connectivity index is 2.09. The van der Waals surface area contributed by atoms with Crippen LogP contribution in [0.5, 0.6) is 0 Å². The van der Waals surface area contributed by atoms with Crippen LogP contribution in [0.15, 0.2) is 51.8 Å². The summed E-state index contributed by atoms with van der Waals surface area (Å²) in [7, 11) is 0. The summed E-state index contributed by atoms with van der Waals surface area (Å²) in [6, 6.07) is 13.5. The lowest BCUT2D eigenvalue weighted by atomic mass is 10.2. The van der Waals surface area contributed by atoms with Gasteiger partial charge in [-0.3, -0.25) is 4.79 Å². The Bertz CT molecular complexity index is 571. The van der Waals surface area contributed by atoms with Crippen molar-refractivity contribution in [2.24, 2.45) is 0 Å². The number of aldehydes is 1. The van der Waals surface area contributed by atoms with E-state index in [2.05, 4.69) is 15.9 Å². The van der Waals surface area contributed by atoms with Crippen LogP contribution in [-0.4, -0.2) is 6.29 Å². The maximum absolute atomic E-state index is 10.7. The van der Waals surface area contributed by atoms with E-state index in [4.69, 9.17) is 11.6 Å². The Hall–Kier alpha value is -0.770. The summed E-state index contributed by atoms with van der Waals surface area (Å²) in [6.45, 7) is 0. The fourth-order valence-electron chi connectivity index (χ4n) is 1.47. The van der Waals surface area contributed by atoms with Gasteiger partial charge >= 0.3 is 0 Å². The first-order valence-electron chi connectivity index (χ1n) is 5.31. The first kappa shape index (κ1) is 13.7. The summed E-state index contributed by atoms with van der Waals surface area (Å²) in [5.74, 6) is 0.812. The molecular weight excluding hydrogens is 332 g/mol. The van der Waals surface area contributed by atoms with Crippen molar-refractivity contribution in [1.29, 1.82) is 0 Å². The third-order valence-corrected chi connectivity index (χ3v) is 4.55. The number of carbonyl (C=O) groups is 1. The highest BCUT2D eigenvalue weighted by Gasteiger charge is 2.03. The first-order chi connectivity index (χ1) is 8.70. The molecule has 0 saturated heterocycles. The van der Waals surface area contributed by atoms with Crippen LogP contribution in [0.1, 0.15) is 15.9 Å². The van der Waals surface area contributed by atoms with Crippen LogP contribution in [0.2, 0.25) is 5.02 Å². The average molecular weight is 342 g/mol. The van der Waals surface area contributed by atoms with Gasteiger partial charge in [0.25, 0.3) is 0 Å². The molecule has 0 fully saturated rings. The third kappa shape index (κ3) is 3.37. The molecule has 0 spiro atoms. The zero-order valence-corrected chi connectivity index (χ0v) is 12.6. The summed E-state index contributed by atoms with van der Waals surface area (Å²) < 4.78 is 0.821. The lowest BCUT2D eigenvalue weighted by Crippen LogP contribution is -1.85. The standard InChI is InChI=1S/C14H10BrClOS/c15-13-7-12(6-5-10(13)8-17)18-9-11-3-1-2-4-14(11)16/h1-8H,9H2. The van der Waals surface area contributed by atoms with Gasteiger partial charge in [-0.15, -0.1) is 11.8 Å². The molecule has 0 aliphatic heterocycles. The Morgan fingerprint density at radius 2 is 2.00 bits per heavy atom. The van der Waals surface area contributed by atoms with Crippen LogP contribution < -0.4 is 0 Å². The van der Waals surface area contributed by atoms with Crippen molar-refractivity contribution in [2.45, 2.75) is 10.6 Å². The molecule has 2 aromatic carbocycles. The molecule has 2 aromatic rings. The smallest absolute Gasteiger partial charge is 0.151 e. The number of rotatable bonds is 4. The maximum atomic E-state index is 10.7. The van der Waals surface area contributed by atoms with Gasteiger partial charge in [0.2, 0.25) is 0 Å². The third-order valence-electron chi connectivity index (χ3n) is 2.45. The summed E-state index contributed by atoms with van der Waals surface area (Å²) >= 11 is 11.2. The molecule has 0 radical (unpaired) electrons. The van der Waals surface area contributed by atoms with Crippen LogP contribution in [0.25, 0.3) is 0 Å². The van der Waals surface area contributed by atoms with E-state index < -0.39 is 0 Å². The van der Waals surface area contributed by atoms with Gasteiger partial charge in [-0.05, 0) is 29.8 Å². The predicted octanol–water partition coefficient (Wildman–Crippen LogP) is 5.21. The Kier molecular flexibility index (Phi) is 4.87. The van der Waals surface area contributed by atoms with E-state index in [9.17, 15) is 4.79 Å². The van der Waals surface area contributed by atoms with Gasteiger partial charge in [0.05, 0.1) is 0 Å². The first-order valence-corrected chi connectivity index (χ1v) is 7.47. The molecule has 92 valence electrons. The quantitative estimate of drug-likeness (QED) is 0.561. The van der Waals surface area contributed by atoms with Crippen LogP contribution in [-0.2, 0) is 5.75 Å². The summed E-state index contributed by atoms with van der Waals surface area (Å²) in [6.07, 6.45) is 0.840. The minimum absolute atomic E-state index is 0.664. The fraction of sp³-hybridized carbons (Fsp3) is 0.0714. The number of thioether (sulfide) groups is 1. The van der Waals surface area contributed by atoms with E-state index in [1.54, 1.807) is 11.8 Å². The van der Waals surface area contributed by atoms with Gasteiger partial charge in [0.1, 0.15) is 0 Å². The van der Waals surface area contributed by atoms with Gasteiger partial charge in [-0.25, -0.2) is 0 Å². The number of benzene rings is 2. The molecule has 0 aromatic heterocycles. The molecule has 0 atom stereocenters. The summed E-state index contributed by atoms with van der Waals surface area (Å²) in [5.41, 5.74) is 1.77. The van der Waals surface area contributed by atoms with Crippen molar-refractivity contribution in [3.05, 3.63) is 63.1 Å². The van der Waals surface area contributed by atoms with E-state index in [0.29, 0.717) is 5.56 Å². The van der Waals surface area contributed by atoms with Gasteiger partial charge in [-0.1, -0.05) is 45.7 Å². The second-order valence-electron chi connectivity index (χ2n) is 3.68. The molecule has 0 amide bonds. The lowest BCUT2D eigenvalue weighted by Gasteiger charge is -2.05. The topological polar surface area (TPSA) is 17.1 Å². The van der Waals surface area contributed by atoms with Crippen molar-refractivity contribution in [1.82, 2.24) is 0 Å². The molecule has 1 nitrogen and oxygen atoms in total. The summed E-state index contributed by atoms with van der Waals surface area (Å²) in [5, 5.41) is 0.786. The van der Waals surface area contributed by atoms with E-state index >= 15 is 0 Å². The van der Waals surface area contributed by atoms with E-state index in [1.807, 2.05) is 42.5 Å². The van der Waals surface area contributed by atoms with Crippen molar-refractivity contribution < 1.29 is 4.79 Å². The molecule has 2 rings (SSSR count). The molecule has 0 saturated carbocycles. The Morgan fingerprint density at radius 1 is 1.22 bits per heavy atom. The van der Waals surface area contributed by atoms with Gasteiger partial charge < -0.3 is 0 Å². The average Bonchev–Trinajstić information content (AvgIpc) is 2.38.